The summed E-state index contributed by atoms with van der Waals surface area (Å²) in [5.41, 5.74) is -9.60. The summed E-state index contributed by atoms with van der Waals surface area (Å²) in [6.45, 7) is 14.3. The minimum atomic E-state index is -2.08. The first-order chi connectivity index (χ1) is 22.2. The molecule has 0 aromatic carbocycles. The molecule has 3 aliphatic heterocycles. The Kier molecular flexibility index (Phi) is 7.92. The summed E-state index contributed by atoms with van der Waals surface area (Å²) in [6, 6.07) is -0.427. The molecule has 7 fully saturated rings. The Balaban J connectivity index is 1.33. The maximum atomic E-state index is 13.3. The van der Waals surface area contributed by atoms with Gasteiger partial charge in [-0.05, 0) is 63.2 Å². The molecule has 0 aromatic rings. The molecule has 0 aromatic heterocycles. The fourth-order valence-corrected chi connectivity index (χ4v) is 12.6. The van der Waals surface area contributed by atoms with Crippen LogP contribution >= 0.6 is 0 Å². The van der Waals surface area contributed by atoms with E-state index in [4.69, 9.17) is 14.2 Å². The summed E-state index contributed by atoms with van der Waals surface area (Å²) in [7, 11) is 0. The van der Waals surface area contributed by atoms with Crippen molar-refractivity contribution in [2.45, 2.75) is 165 Å². The predicted octanol–water partition coefficient (Wildman–Crippen LogP) is 2.67. The Hall–Kier alpha value is -1.34. The molecule has 7 aliphatic rings. The van der Waals surface area contributed by atoms with Crippen LogP contribution in [0.2, 0.25) is 0 Å². The van der Waals surface area contributed by atoms with Crippen molar-refractivity contribution in [3.05, 3.63) is 0 Å². The number of nitrogens with zero attached hydrogens (tertiary/aromatic N) is 1. The van der Waals surface area contributed by atoms with Gasteiger partial charge < -0.3 is 39.7 Å². The van der Waals surface area contributed by atoms with E-state index in [1.54, 1.807) is 6.92 Å². The van der Waals surface area contributed by atoms with Gasteiger partial charge in [-0.15, -0.1) is 0 Å². The van der Waals surface area contributed by atoms with Crippen molar-refractivity contribution in [2.75, 3.05) is 13.1 Å². The average molecular weight is 678 g/mol. The summed E-state index contributed by atoms with van der Waals surface area (Å²) in [5, 5.41) is 64.4. The Labute approximate surface area is 284 Å². The number of ether oxygens (including phenoxy) is 3. The number of hydrogen-bond acceptors (Lipinski definition) is 11. The minimum Gasteiger partial charge on any atom is -0.459 e. The van der Waals surface area contributed by atoms with E-state index in [9.17, 15) is 35.1 Å². The summed E-state index contributed by atoms with van der Waals surface area (Å²) in [6.07, 6.45) is 1.12. The molecule has 5 N–H and O–H groups in total. The lowest BCUT2D eigenvalue weighted by Gasteiger charge is -2.68. The van der Waals surface area contributed by atoms with Gasteiger partial charge in [0.2, 0.25) is 5.79 Å². The van der Waals surface area contributed by atoms with Crippen LogP contribution in [0.4, 0.5) is 0 Å². The molecule has 3 heterocycles. The molecular formula is C37H59NO10. The summed E-state index contributed by atoms with van der Waals surface area (Å²) < 4.78 is 18.9. The number of hydrogen-bond donors (Lipinski definition) is 5. The third kappa shape index (κ3) is 4.30. The first kappa shape index (κ1) is 35.1. The van der Waals surface area contributed by atoms with Gasteiger partial charge in [-0.1, -0.05) is 41.5 Å². The van der Waals surface area contributed by atoms with Gasteiger partial charge in [0.15, 0.2) is 6.10 Å². The van der Waals surface area contributed by atoms with Crippen LogP contribution in [0.5, 0.6) is 0 Å². The lowest BCUT2D eigenvalue weighted by molar-refractivity contribution is -0.355. The van der Waals surface area contributed by atoms with Gasteiger partial charge in [-0.3, -0.25) is 14.5 Å². The van der Waals surface area contributed by atoms with Gasteiger partial charge in [0.05, 0.1) is 5.60 Å². The van der Waals surface area contributed by atoms with Crippen molar-refractivity contribution in [3.8, 4) is 0 Å². The number of fused-ring (bicyclic) bond motifs is 5. The number of carbonyl (C=O) groups excluding carboxylic acids is 2. The monoisotopic (exact) mass is 677 g/mol. The van der Waals surface area contributed by atoms with E-state index in [2.05, 4.69) is 18.7 Å². The maximum Gasteiger partial charge on any atom is 0.306 e. The Morgan fingerprint density at radius 2 is 1.40 bits per heavy atom. The molecule has 4 aliphatic carbocycles. The Morgan fingerprint density at radius 3 is 2.02 bits per heavy atom. The molecule has 1 spiro atoms. The number of esters is 2. The first-order valence-corrected chi connectivity index (χ1v) is 18.6. The molecule has 3 saturated heterocycles. The molecule has 7 rings (SSSR count). The molecule has 0 amide bonds. The smallest absolute Gasteiger partial charge is 0.306 e. The average Bonchev–Trinajstić information content (AvgIpc) is 3.13. The SMILES string of the molecule is CC(C)CC(=O)O[C@H]1CC[C@@]2(C)[C@@H]3CC[C@H]4[C@]5(O)C[C@H](OC(=O)CC(C)C)[C@@]6(O)[C@@H](CN7C[C@@H](C)CC[C@H]7[C@@]6(C)O)[C@]5(O)C[C@@]42O[C@]13O. The molecular weight excluding hydrogens is 618 g/mol. The van der Waals surface area contributed by atoms with Crippen LogP contribution in [-0.4, -0.2) is 108 Å². The first-order valence-electron chi connectivity index (χ1n) is 18.6. The maximum absolute atomic E-state index is 13.3. The van der Waals surface area contributed by atoms with Crippen molar-refractivity contribution in [3.63, 3.8) is 0 Å². The molecule has 272 valence electrons. The third-order valence-corrected chi connectivity index (χ3v) is 14.7. The van der Waals surface area contributed by atoms with E-state index in [1.165, 1.54) is 0 Å². The van der Waals surface area contributed by atoms with Crippen LogP contribution in [0.25, 0.3) is 0 Å². The van der Waals surface area contributed by atoms with Crippen molar-refractivity contribution in [1.82, 2.24) is 4.90 Å². The van der Waals surface area contributed by atoms with Crippen LogP contribution in [-0.2, 0) is 23.8 Å². The summed E-state index contributed by atoms with van der Waals surface area (Å²) in [4.78, 5) is 28.3. The number of piperidine rings is 2. The highest BCUT2D eigenvalue weighted by atomic mass is 16.7. The van der Waals surface area contributed by atoms with Gasteiger partial charge in [-0.25, -0.2) is 0 Å². The molecule has 11 nitrogen and oxygen atoms in total. The quantitative estimate of drug-likeness (QED) is 0.263. The second-order valence-electron chi connectivity index (χ2n) is 18.4. The van der Waals surface area contributed by atoms with Crippen molar-refractivity contribution in [1.29, 1.82) is 0 Å². The van der Waals surface area contributed by atoms with E-state index >= 15 is 0 Å². The van der Waals surface area contributed by atoms with Crippen molar-refractivity contribution < 1.29 is 49.3 Å². The largest absolute Gasteiger partial charge is 0.459 e. The predicted molar refractivity (Wildman–Crippen MR) is 173 cm³/mol. The lowest BCUT2D eigenvalue weighted by atomic mass is 9.48. The second-order valence-corrected chi connectivity index (χ2v) is 18.4. The van der Waals surface area contributed by atoms with Crippen molar-refractivity contribution in [2.24, 2.45) is 40.9 Å². The number of rotatable bonds is 6. The van der Waals surface area contributed by atoms with Crippen molar-refractivity contribution >= 4 is 11.9 Å². The molecule has 14 atom stereocenters. The van der Waals surface area contributed by atoms with Gasteiger partial charge in [0.25, 0.3) is 0 Å². The molecule has 4 bridgehead atoms. The van der Waals surface area contributed by atoms with Crippen LogP contribution in [0.1, 0.15) is 113 Å². The van der Waals surface area contributed by atoms with Crippen LogP contribution in [0.15, 0.2) is 0 Å². The highest BCUT2D eigenvalue weighted by Crippen LogP contribution is 2.78. The van der Waals surface area contributed by atoms with Gasteiger partial charge in [0.1, 0.15) is 28.5 Å². The Bertz CT molecular complexity index is 1340. The molecule has 0 unspecified atom stereocenters. The van der Waals surface area contributed by atoms with E-state index < -0.39 is 87.1 Å². The number of carbonyl (C=O) groups is 2. The molecule has 0 radical (unpaired) electrons. The van der Waals surface area contributed by atoms with Crippen LogP contribution in [0.3, 0.4) is 0 Å². The van der Waals surface area contributed by atoms with Crippen LogP contribution < -0.4 is 0 Å². The molecule has 48 heavy (non-hydrogen) atoms. The molecule has 11 heteroatoms. The lowest BCUT2D eigenvalue weighted by Crippen LogP contribution is -2.85. The standard InChI is InChI=1S/C37H59NO10/c1-20(2)14-29(39)46-27-12-13-31(6)23-9-10-24-33(42)16-28(47-30(40)15-21(3)4)36(44)25(34(33,43)19-35(24,31)48-37(23,27)45)18-38-17-22(5)8-11-26(38)32(36,7)41/h20-28,41-45H,8-19H2,1-7H3/t22-,23-,24-,25-,26-,27-,28-,31-,32+,33+,34+,35+,36-,37-/m0/s1. The fourth-order valence-electron chi connectivity index (χ4n) is 12.6. The number of aliphatic hydroxyl groups is 5. The van der Waals surface area contributed by atoms with Gasteiger partial charge in [0, 0.05) is 68.0 Å². The third-order valence-electron chi connectivity index (χ3n) is 14.7. The summed E-state index contributed by atoms with van der Waals surface area (Å²) >= 11 is 0. The van der Waals surface area contributed by atoms with E-state index in [0.29, 0.717) is 44.6 Å². The summed E-state index contributed by atoms with van der Waals surface area (Å²) in [5.74, 6) is -4.48. The topological polar surface area (TPSA) is 166 Å². The van der Waals surface area contributed by atoms with Gasteiger partial charge in [-0.2, -0.15) is 0 Å². The van der Waals surface area contributed by atoms with E-state index in [1.807, 2.05) is 27.7 Å². The highest BCUT2D eigenvalue weighted by Gasteiger charge is 2.89. The zero-order valence-corrected chi connectivity index (χ0v) is 29.9. The highest BCUT2D eigenvalue weighted by molar-refractivity contribution is 5.70. The van der Waals surface area contributed by atoms with E-state index in [-0.39, 0.29) is 44.1 Å². The van der Waals surface area contributed by atoms with Crippen LogP contribution in [0, 0.1) is 40.9 Å². The zero-order chi connectivity index (χ0) is 35.0. The second kappa shape index (κ2) is 10.8. The zero-order valence-electron chi connectivity index (χ0n) is 29.9. The fraction of sp³-hybridized carbons (Fsp3) is 0.946. The Morgan fingerprint density at radius 1 is 0.792 bits per heavy atom. The van der Waals surface area contributed by atoms with Gasteiger partial charge >= 0.3 is 11.9 Å². The molecule has 4 saturated carbocycles. The van der Waals surface area contributed by atoms with E-state index in [0.717, 1.165) is 6.42 Å². The normalized spacial score (nSPS) is 53.9. The minimum absolute atomic E-state index is 0.00627.